The molecule has 284 valence electrons. The van der Waals surface area contributed by atoms with Crippen molar-refractivity contribution in [1.29, 1.82) is 0 Å². The molecule has 4 heterocycles. The number of nitrogens with zero attached hydrogens (tertiary/aromatic N) is 5. The van der Waals surface area contributed by atoms with E-state index in [2.05, 4.69) is 185 Å². The van der Waals surface area contributed by atoms with Gasteiger partial charge in [-0.15, -0.1) is 0 Å². The zero-order valence-electron chi connectivity index (χ0n) is 32.9. The van der Waals surface area contributed by atoms with Crippen molar-refractivity contribution in [3.8, 4) is 33.6 Å². The fourth-order valence-electron chi connectivity index (χ4n) is 8.89. The van der Waals surface area contributed by atoms with Crippen molar-refractivity contribution in [2.24, 2.45) is 0 Å². The molecule has 0 N–H and O–H groups in total. The van der Waals surface area contributed by atoms with E-state index in [1.165, 1.54) is 32.7 Å². The van der Waals surface area contributed by atoms with Crippen molar-refractivity contribution in [3.05, 3.63) is 213 Å². The number of pyridine rings is 4. The maximum Gasteiger partial charge on any atom is 0.0795 e. The van der Waals surface area contributed by atoms with Crippen LogP contribution >= 0.6 is 0 Å². The third-order valence-corrected chi connectivity index (χ3v) is 12.0. The summed E-state index contributed by atoms with van der Waals surface area (Å²) in [5, 5.41) is 12.7. The zero-order valence-corrected chi connectivity index (χ0v) is 32.9. The van der Waals surface area contributed by atoms with E-state index >= 15 is 0 Å². The predicted octanol–water partition coefficient (Wildman–Crippen LogP) is 14.7. The van der Waals surface area contributed by atoms with Crippen LogP contribution in [0.5, 0.6) is 0 Å². The summed E-state index contributed by atoms with van der Waals surface area (Å²) < 4.78 is 0. The average molecular weight is 778 g/mol. The maximum atomic E-state index is 4.92. The Balaban J connectivity index is 0.934. The first-order valence-corrected chi connectivity index (χ1v) is 20.5. The van der Waals surface area contributed by atoms with E-state index in [-0.39, 0.29) is 0 Å². The molecule has 12 aromatic rings. The Morgan fingerprint density at radius 2 is 0.852 bits per heavy atom. The first kappa shape index (κ1) is 34.7. The van der Waals surface area contributed by atoms with Gasteiger partial charge in [-0.25, -0.2) is 0 Å². The van der Waals surface area contributed by atoms with Crippen LogP contribution in [0.15, 0.2) is 213 Å². The van der Waals surface area contributed by atoms with E-state index in [1.807, 2.05) is 43.1 Å². The van der Waals surface area contributed by atoms with Crippen molar-refractivity contribution >= 4 is 81.8 Å². The van der Waals surface area contributed by atoms with E-state index in [1.54, 1.807) is 0 Å². The average Bonchev–Trinajstić information content (AvgIpc) is 3.34. The molecule has 0 fully saturated rings. The predicted molar refractivity (Wildman–Crippen MR) is 254 cm³/mol. The second-order valence-electron chi connectivity index (χ2n) is 15.6. The molecule has 0 spiro atoms. The van der Waals surface area contributed by atoms with Gasteiger partial charge in [-0.3, -0.25) is 19.9 Å². The minimum Gasteiger partial charge on any atom is -0.310 e. The van der Waals surface area contributed by atoms with Crippen LogP contribution in [-0.2, 0) is 0 Å². The van der Waals surface area contributed by atoms with Crippen LogP contribution < -0.4 is 4.90 Å². The molecular weight excluding hydrogens is 743 g/mol. The first-order valence-electron chi connectivity index (χ1n) is 20.5. The van der Waals surface area contributed by atoms with E-state index < -0.39 is 0 Å². The van der Waals surface area contributed by atoms with Crippen molar-refractivity contribution in [1.82, 2.24) is 19.9 Å². The summed E-state index contributed by atoms with van der Waals surface area (Å²) in [6.07, 6.45) is 9.52. The Kier molecular flexibility index (Phi) is 8.10. The Morgan fingerprint density at radius 3 is 1.57 bits per heavy atom. The van der Waals surface area contributed by atoms with Crippen molar-refractivity contribution in [2.75, 3.05) is 4.90 Å². The summed E-state index contributed by atoms with van der Waals surface area (Å²) in [5.74, 6) is 0. The number of hydrogen-bond acceptors (Lipinski definition) is 5. The zero-order chi connectivity index (χ0) is 40.3. The van der Waals surface area contributed by atoms with Crippen molar-refractivity contribution < 1.29 is 0 Å². The summed E-state index contributed by atoms with van der Waals surface area (Å²) in [4.78, 5) is 21.2. The monoisotopic (exact) mass is 777 g/mol. The molecule has 0 atom stereocenters. The Morgan fingerprint density at radius 1 is 0.295 bits per heavy atom. The highest BCUT2D eigenvalue weighted by atomic mass is 15.1. The molecule has 0 aliphatic carbocycles. The van der Waals surface area contributed by atoms with Crippen molar-refractivity contribution in [3.63, 3.8) is 0 Å². The normalized spacial score (nSPS) is 11.6. The fraction of sp³-hybridized carbons (Fsp3) is 0. The van der Waals surface area contributed by atoms with Gasteiger partial charge in [-0.05, 0) is 116 Å². The quantitative estimate of drug-likeness (QED) is 0.157. The number of fused-ring (bicyclic) bond motifs is 9. The number of anilines is 3. The van der Waals surface area contributed by atoms with Crippen molar-refractivity contribution in [2.45, 2.75) is 0 Å². The smallest absolute Gasteiger partial charge is 0.0795 e. The maximum absolute atomic E-state index is 4.92. The van der Waals surface area contributed by atoms with Gasteiger partial charge in [0.15, 0.2) is 0 Å². The van der Waals surface area contributed by atoms with E-state index in [4.69, 9.17) is 9.97 Å². The second kappa shape index (κ2) is 14.2. The van der Waals surface area contributed by atoms with Gasteiger partial charge in [0, 0.05) is 80.7 Å². The van der Waals surface area contributed by atoms with Crippen LogP contribution in [0.4, 0.5) is 17.1 Å². The van der Waals surface area contributed by atoms with Crippen LogP contribution in [0, 0.1) is 0 Å². The molecule has 0 radical (unpaired) electrons. The second-order valence-corrected chi connectivity index (χ2v) is 15.6. The molecule has 61 heavy (non-hydrogen) atoms. The van der Waals surface area contributed by atoms with E-state index in [0.29, 0.717) is 0 Å². The van der Waals surface area contributed by atoms with Gasteiger partial charge in [0.2, 0.25) is 0 Å². The van der Waals surface area contributed by atoms with Crippen LogP contribution in [0.25, 0.3) is 98.4 Å². The first-order chi connectivity index (χ1) is 30.2. The molecular formula is C56H35N5. The molecule has 0 aliphatic heterocycles. The van der Waals surface area contributed by atoms with Crippen LogP contribution in [0.2, 0.25) is 0 Å². The summed E-state index contributed by atoms with van der Waals surface area (Å²) in [5.41, 5.74) is 10.5. The molecule has 0 aliphatic rings. The van der Waals surface area contributed by atoms with Gasteiger partial charge in [-0.2, -0.15) is 0 Å². The lowest BCUT2D eigenvalue weighted by atomic mass is 9.97. The number of benzene rings is 8. The van der Waals surface area contributed by atoms with Gasteiger partial charge < -0.3 is 4.90 Å². The Labute approximate surface area is 351 Å². The van der Waals surface area contributed by atoms with Crippen LogP contribution in [0.3, 0.4) is 0 Å². The molecule has 12 rings (SSSR count). The lowest BCUT2D eigenvalue weighted by Gasteiger charge is -2.26. The fourth-order valence-corrected chi connectivity index (χ4v) is 8.89. The standard InChI is InChI=1S/C56H35N5/c1-2-5-36(6-3-1)41-18-24-49-42(29-41)12-13-43-30-48(23-25-50(43)49)61(46-19-14-38(15-20-46)54-31-44-10-8-37-26-28-57-33-51(37)52(44)34-59-54)47-21-16-39(17-22-47)55-32-45-11-9-40-7-4-27-58-56(40)53(45)35-60-55/h1-35H. The minimum absolute atomic E-state index is 0.922. The third-order valence-electron chi connectivity index (χ3n) is 12.0. The summed E-state index contributed by atoms with van der Waals surface area (Å²) >= 11 is 0. The molecule has 4 aromatic heterocycles. The Hall–Kier alpha value is -8.28. The molecule has 0 bridgehead atoms. The highest BCUT2D eigenvalue weighted by Crippen LogP contribution is 2.40. The highest BCUT2D eigenvalue weighted by molar-refractivity contribution is 6.10. The molecule has 5 nitrogen and oxygen atoms in total. The topological polar surface area (TPSA) is 54.8 Å². The third kappa shape index (κ3) is 6.10. The van der Waals surface area contributed by atoms with Gasteiger partial charge in [0.05, 0.1) is 16.9 Å². The van der Waals surface area contributed by atoms with Gasteiger partial charge in [0.1, 0.15) is 0 Å². The largest absolute Gasteiger partial charge is 0.310 e. The lowest BCUT2D eigenvalue weighted by molar-refractivity contribution is 1.28. The summed E-state index contributed by atoms with van der Waals surface area (Å²) in [6, 6.07) is 65.1. The van der Waals surface area contributed by atoms with Gasteiger partial charge >= 0.3 is 0 Å². The molecule has 0 amide bonds. The van der Waals surface area contributed by atoms with Crippen LogP contribution in [-0.4, -0.2) is 19.9 Å². The van der Waals surface area contributed by atoms with Gasteiger partial charge in [-0.1, -0.05) is 115 Å². The van der Waals surface area contributed by atoms with E-state index in [0.717, 1.165) is 82.8 Å². The number of rotatable bonds is 6. The van der Waals surface area contributed by atoms with Crippen LogP contribution in [0.1, 0.15) is 0 Å². The Bertz CT molecular complexity index is 3480. The number of aromatic nitrogens is 4. The molecule has 0 saturated heterocycles. The molecule has 0 saturated carbocycles. The summed E-state index contributed by atoms with van der Waals surface area (Å²) in [7, 11) is 0. The SMILES string of the molecule is c1ccc(-c2ccc3c(ccc4cc(N(c5ccc(-c6cc7ccc8ccncc8c7cn6)cc5)c5ccc(-c6cc7ccc8cccnc8c7cn6)cc5)ccc43)c2)cc1. The number of hydrogen-bond donors (Lipinski definition) is 0. The molecule has 8 aromatic carbocycles. The minimum atomic E-state index is 0.922. The van der Waals surface area contributed by atoms with E-state index in [9.17, 15) is 0 Å². The molecule has 5 heteroatoms. The van der Waals surface area contributed by atoms with Gasteiger partial charge in [0.25, 0.3) is 0 Å². The summed E-state index contributed by atoms with van der Waals surface area (Å²) in [6.45, 7) is 0. The highest BCUT2D eigenvalue weighted by Gasteiger charge is 2.16. The molecule has 0 unspecified atom stereocenters. The lowest BCUT2D eigenvalue weighted by Crippen LogP contribution is -2.10.